The van der Waals surface area contributed by atoms with Gasteiger partial charge in [0.1, 0.15) is 5.60 Å². The quantitative estimate of drug-likeness (QED) is 0.371. The Kier molecular flexibility index (Phi) is 8.80. The Hall–Kier alpha value is -2.99. The minimum Gasteiger partial charge on any atom is -0.446 e. The number of carbonyl (C=O) groups excluding carboxylic acids is 1. The van der Waals surface area contributed by atoms with Crippen LogP contribution in [0.25, 0.3) is 0 Å². The number of piperidine rings is 1. The second-order valence-corrected chi connectivity index (χ2v) is 10.5. The predicted molar refractivity (Wildman–Crippen MR) is 146 cm³/mol. The van der Waals surface area contributed by atoms with Crippen LogP contribution in [0.1, 0.15) is 56.2 Å². The van der Waals surface area contributed by atoms with Crippen LogP contribution in [-0.4, -0.2) is 47.0 Å². The van der Waals surface area contributed by atoms with Gasteiger partial charge in [-0.15, -0.1) is 0 Å². The first-order valence-electron chi connectivity index (χ1n) is 13.3. The van der Waals surface area contributed by atoms with Crippen molar-refractivity contribution in [1.29, 1.82) is 0 Å². The van der Waals surface area contributed by atoms with E-state index in [0.717, 1.165) is 29.5 Å². The molecule has 37 heavy (non-hydrogen) atoms. The van der Waals surface area contributed by atoms with E-state index in [9.17, 15) is 15.0 Å². The fourth-order valence-electron chi connectivity index (χ4n) is 5.45. The van der Waals surface area contributed by atoms with Gasteiger partial charge in [0, 0.05) is 26.1 Å². The lowest BCUT2D eigenvalue weighted by Gasteiger charge is -2.44. The van der Waals surface area contributed by atoms with E-state index in [2.05, 4.69) is 4.90 Å². The maximum Gasteiger partial charge on any atom is 0.317 e. The topological polar surface area (TPSA) is 70.0 Å². The molecule has 0 bridgehead atoms. The minimum atomic E-state index is -1.10. The minimum absolute atomic E-state index is 0.0171. The van der Waals surface area contributed by atoms with E-state index >= 15 is 0 Å². The molecule has 3 aromatic carbocycles. The van der Waals surface area contributed by atoms with Crippen LogP contribution >= 0.6 is 0 Å². The molecule has 4 rings (SSSR count). The van der Waals surface area contributed by atoms with Crippen molar-refractivity contribution < 1.29 is 19.7 Å². The molecule has 2 N–H and O–H groups in total. The first kappa shape index (κ1) is 27.1. The predicted octanol–water partition coefficient (Wildman–Crippen LogP) is 5.25. The maximum atomic E-state index is 13.3. The lowest BCUT2D eigenvalue weighted by Crippen LogP contribution is -2.49. The van der Waals surface area contributed by atoms with Gasteiger partial charge in [0.15, 0.2) is 6.23 Å². The highest BCUT2D eigenvalue weighted by atomic mass is 16.6. The second kappa shape index (κ2) is 12.0. The van der Waals surface area contributed by atoms with Gasteiger partial charge >= 0.3 is 5.97 Å². The standard InChI is InChI=1S/C32H39NO4/c1-31(2,25-13-6-3-7-14-25)30(35)37-29(19-12-24-34)33-22-20-28(21-23-33)32(36,26-15-8-4-9-16-26)27-17-10-5-11-18-27/h3-11,13-18,28-29,34,36H,12,19-24H2,1-2H3. The lowest BCUT2D eigenvalue weighted by atomic mass is 9.72. The summed E-state index contributed by atoms with van der Waals surface area (Å²) in [6.07, 6.45) is 2.23. The largest absolute Gasteiger partial charge is 0.446 e. The van der Waals surface area contributed by atoms with Gasteiger partial charge in [-0.3, -0.25) is 9.69 Å². The van der Waals surface area contributed by atoms with E-state index in [1.807, 2.05) is 105 Å². The zero-order valence-electron chi connectivity index (χ0n) is 21.9. The molecule has 0 spiro atoms. The summed E-state index contributed by atoms with van der Waals surface area (Å²) < 4.78 is 6.11. The molecule has 0 aromatic heterocycles. The highest BCUT2D eigenvalue weighted by Crippen LogP contribution is 2.42. The molecule has 196 valence electrons. The third-order valence-corrected chi connectivity index (χ3v) is 7.81. The van der Waals surface area contributed by atoms with E-state index in [-0.39, 0.29) is 18.5 Å². The molecule has 0 radical (unpaired) electrons. The van der Waals surface area contributed by atoms with Crippen LogP contribution in [0.3, 0.4) is 0 Å². The Balaban J connectivity index is 1.51. The molecule has 3 aromatic rings. The smallest absolute Gasteiger partial charge is 0.317 e. The van der Waals surface area contributed by atoms with Crippen LogP contribution in [0, 0.1) is 5.92 Å². The van der Waals surface area contributed by atoms with Gasteiger partial charge in [0.25, 0.3) is 0 Å². The van der Waals surface area contributed by atoms with Gasteiger partial charge in [-0.25, -0.2) is 0 Å². The van der Waals surface area contributed by atoms with Crippen molar-refractivity contribution >= 4 is 5.97 Å². The second-order valence-electron chi connectivity index (χ2n) is 10.5. The fourth-order valence-corrected chi connectivity index (χ4v) is 5.45. The molecule has 1 saturated heterocycles. The van der Waals surface area contributed by atoms with E-state index in [1.54, 1.807) is 0 Å². The lowest BCUT2D eigenvalue weighted by molar-refractivity contribution is -0.169. The summed E-state index contributed by atoms with van der Waals surface area (Å²) >= 11 is 0. The van der Waals surface area contributed by atoms with Crippen molar-refractivity contribution in [2.75, 3.05) is 19.7 Å². The van der Waals surface area contributed by atoms with Crippen molar-refractivity contribution in [2.24, 2.45) is 5.92 Å². The molecule has 1 heterocycles. The van der Waals surface area contributed by atoms with Crippen LogP contribution in [-0.2, 0) is 20.5 Å². The summed E-state index contributed by atoms with van der Waals surface area (Å²) in [5.41, 5.74) is 0.828. The maximum absolute atomic E-state index is 13.3. The molecule has 1 atom stereocenters. The van der Waals surface area contributed by atoms with Crippen LogP contribution in [0.5, 0.6) is 0 Å². The third kappa shape index (κ3) is 5.96. The normalized spacial score (nSPS) is 16.3. The number of carbonyl (C=O) groups is 1. The third-order valence-electron chi connectivity index (χ3n) is 7.81. The molecule has 5 nitrogen and oxygen atoms in total. The summed E-state index contributed by atoms with van der Waals surface area (Å²) in [4.78, 5) is 15.5. The van der Waals surface area contributed by atoms with Crippen LogP contribution in [0.15, 0.2) is 91.0 Å². The van der Waals surface area contributed by atoms with E-state index in [4.69, 9.17) is 4.74 Å². The highest BCUT2D eigenvalue weighted by molar-refractivity contribution is 5.82. The molecule has 5 heteroatoms. The molecule has 1 fully saturated rings. The highest BCUT2D eigenvalue weighted by Gasteiger charge is 2.43. The number of ether oxygens (including phenoxy) is 1. The van der Waals surface area contributed by atoms with Crippen molar-refractivity contribution in [1.82, 2.24) is 4.90 Å². The molecule has 1 aliphatic heterocycles. The van der Waals surface area contributed by atoms with Crippen molar-refractivity contribution in [3.63, 3.8) is 0 Å². The number of aliphatic hydroxyl groups is 2. The number of rotatable bonds is 10. The van der Waals surface area contributed by atoms with Crippen molar-refractivity contribution in [2.45, 2.75) is 56.8 Å². The number of nitrogens with zero attached hydrogens (tertiary/aromatic N) is 1. The number of esters is 1. The van der Waals surface area contributed by atoms with E-state index in [1.165, 1.54) is 0 Å². The first-order valence-corrected chi connectivity index (χ1v) is 13.3. The Morgan fingerprint density at radius 3 is 1.78 bits per heavy atom. The molecule has 0 saturated carbocycles. The summed E-state index contributed by atoms with van der Waals surface area (Å²) in [6.45, 7) is 5.22. The number of benzene rings is 3. The monoisotopic (exact) mass is 501 g/mol. The Labute approximate surface area is 220 Å². The fraction of sp³-hybridized carbons (Fsp3) is 0.406. The van der Waals surface area contributed by atoms with Crippen LogP contribution in [0.4, 0.5) is 0 Å². The van der Waals surface area contributed by atoms with Gasteiger partial charge in [-0.1, -0.05) is 91.0 Å². The molecular formula is C32H39NO4. The average Bonchev–Trinajstić information content (AvgIpc) is 2.96. The van der Waals surface area contributed by atoms with Gasteiger partial charge < -0.3 is 14.9 Å². The Morgan fingerprint density at radius 2 is 1.32 bits per heavy atom. The van der Waals surface area contributed by atoms with Crippen LogP contribution in [0.2, 0.25) is 0 Å². The van der Waals surface area contributed by atoms with Crippen molar-refractivity contribution in [3.8, 4) is 0 Å². The summed E-state index contributed by atoms with van der Waals surface area (Å²) in [5, 5.41) is 21.7. The molecule has 0 aliphatic carbocycles. The number of likely N-dealkylation sites (tertiary alicyclic amines) is 1. The first-order chi connectivity index (χ1) is 17.9. The van der Waals surface area contributed by atoms with Gasteiger partial charge in [-0.05, 0) is 55.7 Å². The summed E-state index contributed by atoms with van der Waals surface area (Å²) in [7, 11) is 0. The van der Waals surface area contributed by atoms with E-state index in [0.29, 0.717) is 25.9 Å². The van der Waals surface area contributed by atoms with E-state index < -0.39 is 17.2 Å². The number of hydrogen-bond acceptors (Lipinski definition) is 5. The Bertz CT molecular complexity index is 1070. The zero-order chi connectivity index (χ0) is 26.3. The zero-order valence-corrected chi connectivity index (χ0v) is 21.9. The molecule has 1 unspecified atom stereocenters. The van der Waals surface area contributed by atoms with Crippen molar-refractivity contribution in [3.05, 3.63) is 108 Å². The van der Waals surface area contributed by atoms with Gasteiger partial charge in [0.2, 0.25) is 0 Å². The molecule has 1 aliphatic rings. The van der Waals surface area contributed by atoms with Crippen LogP contribution < -0.4 is 0 Å². The molecule has 0 amide bonds. The number of aliphatic hydroxyl groups excluding tert-OH is 1. The number of hydrogen-bond donors (Lipinski definition) is 2. The Morgan fingerprint density at radius 1 is 0.865 bits per heavy atom. The summed E-state index contributed by atoms with van der Waals surface area (Å²) in [6, 6.07) is 29.5. The molecular weight excluding hydrogens is 462 g/mol. The summed E-state index contributed by atoms with van der Waals surface area (Å²) in [5.74, 6) is -0.252. The SMILES string of the molecule is CC(C)(C(=O)OC(CCCO)N1CCC(C(O)(c2ccccc2)c2ccccc2)CC1)c1ccccc1. The van der Waals surface area contributed by atoms with Gasteiger partial charge in [0.05, 0.1) is 5.41 Å². The average molecular weight is 502 g/mol. The van der Waals surface area contributed by atoms with Gasteiger partial charge in [-0.2, -0.15) is 0 Å².